The third kappa shape index (κ3) is 2.53. The Hall–Kier alpha value is -2.07. The number of carboxylic acids is 1. The van der Waals surface area contributed by atoms with Crippen molar-refractivity contribution < 1.29 is 19.0 Å². The lowest BCUT2D eigenvalue weighted by Crippen LogP contribution is -1.97. The standard InChI is InChI=1S/C14H10ClFO3/c1-19-12-4-2-3-9(13(12)16)10-7-8(14(17)18)5-6-11(10)15/h2-7H,1H3,(H,17,18). The molecule has 0 bridgehead atoms. The van der Waals surface area contributed by atoms with Crippen LogP contribution in [0.3, 0.4) is 0 Å². The molecule has 98 valence electrons. The Morgan fingerprint density at radius 1 is 1.26 bits per heavy atom. The maximum atomic E-state index is 14.1. The van der Waals surface area contributed by atoms with E-state index in [1.165, 1.54) is 37.4 Å². The second kappa shape index (κ2) is 5.28. The topological polar surface area (TPSA) is 46.5 Å². The fraction of sp³-hybridized carbons (Fsp3) is 0.0714. The van der Waals surface area contributed by atoms with Gasteiger partial charge in [-0.05, 0) is 24.3 Å². The molecule has 0 atom stereocenters. The second-order valence-electron chi connectivity index (χ2n) is 3.82. The molecule has 0 unspecified atom stereocenters. The monoisotopic (exact) mass is 280 g/mol. The summed E-state index contributed by atoms with van der Waals surface area (Å²) in [7, 11) is 1.36. The first kappa shape index (κ1) is 13.4. The molecule has 5 heteroatoms. The number of hydrogen-bond acceptors (Lipinski definition) is 2. The summed E-state index contributed by atoms with van der Waals surface area (Å²) in [6, 6.07) is 8.74. The first-order chi connectivity index (χ1) is 9.04. The molecule has 2 rings (SSSR count). The van der Waals surface area contributed by atoms with E-state index < -0.39 is 11.8 Å². The zero-order valence-electron chi connectivity index (χ0n) is 9.98. The molecule has 0 aliphatic carbocycles. The highest BCUT2D eigenvalue weighted by Gasteiger charge is 2.15. The first-order valence-electron chi connectivity index (χ1n) is 5.40. The van der Waals surface area contributed by atoms with Gasteiger partial charge in [-0.2, -0.15) is 0 Å². The molecule has 0 amide bonds. The van der Waals surface area contributed by atoms with Crippen LogP contribution in [0.5, 0.6) is 5.75 Å². The maximum absolute atomic E-state index is 14.1. The van der Waals surface area contributed by atoms with Gasteiger partial charge >= 0.3 is 5.97 Å². The molecular formula is C14H10ClFO3. The number of aromatic carboxylic acids is 1. The molecule has 0 fully saturated rings. The van der Waals surface area contributed by atoms with Crippen LogP contribution in [0.2, 0.25) is 5.02 Å². The number of halogens is 2. The van der Waals surface area contributed by atoms with Crippen LogP contribution in [-0.4, -0.2) is 18.2 Å². The van der Waals surface area contributed by atoms with Crippen molar-refractivity contribution in [2.24, 2.45) is 0 Å². The van der Waals surface area contributed by atoms with E-state index in [1.54, 1.807) is 6.07 Å². The largest absolute Gasteiger partial charge is 0.494 e. The van der Waals surface area contributed by atoms with Crippen molar-refractivity contribution in [3.8, 4) is 16.9 Å². The van der Waals surface area contributed by atoms with Crippen LogP contribution in [0.25, 0.3) is 11.1 Å². The van der Waals surface area contributed by atoms with Gasteiger partial charge in [0.05, 0.1) is 12.7 Å². The number of rotatable bonds is 3. The molecule has 0 saturated heterocycles. The summed E-state index contributed by atoms with van der Waals surface area (Å²) >= 11 is 6.00. The Kier molecular flexibility index (Phi) is 3.71. The molecule has 0 saturated carbocycles. The van der Waals surface area contributed by atoms with E-state index in [0.29, 0.717) is 5.56 Å². The molecule has 0 aromatic heterocycles. The predicted octanol–water partition coefficient (Wildman–Crippen LogP) is 3.85. The van der Waals surface area contributed by atoms with Crippen molar-refractivity contribution in [2.45, 2.75) is 0 Å². The van der Waals surface area contributed by atoms with Crippen LogP contribution >= 0.6 is 11.6 Å². The Balaban J connectivity index is 2.64. The summed E-state index contributed by atoms with van der Waals surface area (Å²) in [5.41, 5.74) is 0.562. The van der Waals surface area contributed by atoms with Crippen molar-refractivity contribution >= 4 is 17.6 Å². The molecule has 2 aromatic carbocycles. The van der Waals surface area contributed by atoms with Crippen LogP contribution in [0.1, 0.15) is 10.4 Å². The van der Waals surface area contributed by atoms with Gasteiger partial charge in [0, 0.05) is 16.1 Å². The number of carbonyl (C=O) groups is 1. The Bertz CT molecular complexity index is 641. The molecule has 0 aliphatic rings. The van der Waals surface area contributed by atoms with Crippen LogP contribution in [0, 0.1) is 5.82 Å². The van der Waals surface area contributed by atoms with Crippen molar-refractivity contribution in [1.82, 2.24) is 0 Å². The second-order valence-corrected chi connectivity index (χ2v) is 4.23. The molecule has 0 spiro atoms. The summed E-state index contributed by atoms with van der Waals surface area (Å²) in [4.78, 5) is 10.9. The number of hydrogen-bond donors (Lipinski definition) is 1. The average Bonchev–Trinajstić information content (AvgIpc) is 2.39. The summed E-state index contributed by atoms with van der Waals surface area (Å²) in [6.07, 6.45) is 0. The Labute approximate surface area is 114 Å². The summed E-state index contributed by atoms with van der Waals surface area (Å²) in [5, 5.41) is 9.23. The van der Waals surface area contributed by atoms with Crippen LogP contribution < -0.4 is 4.74 Å². The molecule has 3 nitrogen and oxygen atoms in total. The third-order valence-corrected chi connectivity index (χ3v) is 3.02. The normalized spacial score (nSPS) is 10.3. The Morgan fingerprint density at radius 2 is 2.00 bits per heavy atom. The van der Waals surface area contributed by atoms with Gasteiger partial charge in [0.15, 0.2) is 11.6 Å². The smallest absolute Gasteiger partial charge is 0.335 e. The number of methoxy groups -OCH3 is 1. The van der Waals surface area contributed by atoms with Crippen molar-refractivity contribution in [3.63, 3.8) is 0 Å². The summed E-state index contributed by atoms with van der Waals surface area (Å²) in [6.45, 7) is 0. The minimum atomic E-state index is -1.10. The predicted molar refractivity (Wildman–Crippen MR) is 70.4 cm³/mol. The minimum absolute atomic E-state index is 0.0432. The zero-order chi connectivity index (χ0) is 14.0. The quantitative estimate of drug-likeness (QED) is 0.929. The van der Waals surface area contributed by atoms with Crippen molar-refractivity contribution in [3.05, 3.63) is 52.8 Å². The lowest BCUT2D eigenvalue weighted by atomic mass is 10.0. The molecule has 0 radical (unpaired) electrons. The van der Waals surface area contributed by atoms with Gasteiger partial charge in [0.2, 0.25) is 0 Å². The molecule has 1 N–H and O–H groups in total. The highest BCUT2D eigenvalue weighted by Crippen LogP contribution is 2.34. The van der Waals surface area contributed by atoms with E-state index in [0.717, 1.165) is 0 Å². The minimum Gasteiger partial charge on any atom is -0.494 e. The average molecular weight is 281 g/mol. The van der Waals surface area contributed by atoms with E-state index >= 15 is 0 Å². The van der Waals surface area contributed by atoms with Gasteiger partial charge in [-0.15, -0.1) is 0 Å². The molecule has 19 heavy (non-hydrogen) atoms. The van der Waals surface area contributed by atoms with Gasteiger partial charge < -0.3 is 9.84 Å². The van der Waals surface area contributed by atoms with Gasteiger partial charge in [-0.3, -0.25) is 0 Å². The van der Waals surface area contributed by atoms with Crippen LogP contribution in [0.15, 0.2) is 36.4 Å². The molecule has 0 heterocycles. The third-order valence-electron chi connectivity index (χ3n) is 2.69. The SMILES string of the molecule is COc1cccc(-c2cc(C(=O)O)ccc2Cl)c1F. The van der Waals surface area contributed by atoms with Gasteiger partial charge in [0.1, 0.15) is 0 Å². The maximum Gasteiger partial charge on any atom is 0.335 e. The van der Waals surface area contributed by atoms with Crippen molar-refractivity contribution in [2.75, 3.05) is 7.11 Å². The van der Waals surface area contributed by atoms with Gasteiger partial charge in [-0.25, -0.2) is 9.18 Å². The van der Waals surface area contributed by atoms with Crippen LogP contribution in [-0.2, 0) is 0 Å². The fourth-order valence-corrected chi connectivity index (χ4v) is 1.96. The molecule has 0 aliphatic heterocycles. The number of benzene rings is 2. The Morgan fingerprint density at radius 3 is 2.63 bits per heavy atom. The van der Waals surface area contributed by atoms with E-state index in [4.69, 9.17) is 21.4 Å². The van der Waals surface area contributed by atoms with E-state index in [-0.39, 0.29) is 21.9 Å². The van der Waals surface area contributed by atoms with Gasteiger partial charge in [0.25, 0.3) is 0 Å². The van der Waals surface area contributed by atoms with Crippen LogP contribution in [0.4, 0.5) is 4.39 Å². The molecule has 2 aromatic rings. The number of carboxylic acid groups (broad SMARTS) is 1. The highest BCUT2D eigenvalue weighted by atomic mass is 35.5. The highest BCUT2D eigenvalue weighted by molar-refractivity contribution is 6.33. The first-order valence-corrected chi connectivity index (χ1v) is 5.78. The summed E-state index contributed by atoms with van der Waals surface area (Å²) in [5.74, 6) is -1.59. The van der Waals surface area contributed by atoms with E-state index in [9.17, 15) is 9.18 Å². The lowest BCUT2D eigenvalue weighted by Gasteiger charge is -2.09. The van der Waals surface area contributed by atoms with E-state index in [1.807, 2.05) is 0 Å². The molecular weight excluding hydrogens is 271 g/mol. The fourth-order valence-electron chi connectivity index (χ4n) is 1.74. The van der Waals surface area contributed by atoms with E-state index in [2.05, 4.69) is 0 Å². The summed E-state index contributed by atoms with van der Waals surface area (Å²) < 4.78 is 19.0. The number of ether oxygens (including phenoxy) is 1. The zero-order valence-corrected chi connectivity index (χ0v) is 10.7. The lowest BCUT2D eigenvalue weighted by molar-refractivity contribution is 0.0697. The van der Waals surface area contributed by atoms with Crippen molar-refractivity contribution in [1.29, 1.82) is 0 Å². The van der Waals surface area contributed by atoms with Gasteiger partial charge in [-0.1, -0.05) is 23.7 Å².